The second-order valence-corrected chi connectivity index (χ2v) is 13.2. The average molecular weight is 640 g/mol. The average Bonchev–Trinajstić information content (AvgIpc) is 3.55. The third kappa shape index (κ3) is 5.74. The van der Waals surface area contributed by atoms with E-state index < -0.39 is 22.1 Å². The predicted octanol–water partition coefficient (Wildman–Crippen LogP) is 6.45. The van der Waals surface area contributed by atoms with Gasteiger partial charge in [-0.2, -0.15) is 5.10 Å². The van der Waals surface area contributed by atoms with Crippen molar-refractivity contribution in [1.82, 2.24) is 9.55 Å². The molecule has 0 saturated carbocycles. The van der Waals surface area contributed by atoms with Crippen molar-refractivity contribution >= 4 is 44.6 Å². The molecule has 1 fully saturated rings. The van der Waals surface area contributed by atoms with Crippen molar-refractivity contribution in [2.75, 3.05) is 10.7 Å². The summed E-state index contributed by atoms with van der Waals surface area (Å²) in [5.74, 6) is -0.0584. The number of carbonyl (C=O) groups excluding carboxylic acids is 1. The summed E-state index contributed by atoms with van der Waals surface area (Å²) in [6.07, 6.45) is -1.91. The molecule has 0 unspecified atom stereocenters. The fraction of sp³-hybridized carbons (Fsp3) is 0.200. The first kappa shape index (κ1) is 29.6. The highest BCUT2D eigenvalue weighted by Crippen LogP contribution is 2.38. The van der Waals surface area contributed by atoms with Crippen LogP contribution in [-0.2, 0) is 20.5 Å². The summed E-state index contributed by atoms with van der Waals surface area (Å²) in [5, 5.41) is 8.89. The van der Waals surface area contributed by atoms with Gasteiger partial charge >= 0.3 is 6.36 Å². The molecule has 0 aliphatic carbocycles. The number of para-hydroxylation sites is 1. The molecule has 4 aromatic rings. The van der Waals surface area contributed by atoms with Crippen LogP contribution < -0.4 is 9.64 Å². The van der Waals surface area contributed by atoms with Crippen LogP contribution in [0, 0.1) is 0 Å². The summed E-state index contributed by atoms with van der Waals surface area (Å²) in [5.41, 5.74) is 3.55. The predicted molar refractivity (Wildman–Crippen MR) is 162 cm³/mol. The van der Waals surface area contributed by atoms with Gasteiger partial charge in [0.2, 0.25) is 5.91 Å². The number of nitrogens with zero attached hydrogens (tertiary/aromatic N) is 5. The van der Waals surface area contributed by atoms with Crippen LogP contribution in [0.4, 0.5) is 18.9 Å². The second-order valence-electron chi connectivity index (χ2n) is 10.3. The number of carbonyl (C=O) groups is 1. The van der Waals surface area contributed by atoms with E-state index in [0.717, 1.165) is 23.4 Å². The highest BCUT2D eigenvalue weighted by atomic mass is 32.2. The van der Waals surface area contributed by atoms with Gasteiger partial charge in [0.1, 0.15) is 17.5 Å². The number of rotatable bonds is 6. The Bertz CT molecular complexity index is 1930. The lowest BCUT2D eigenvalue weighted by atomic mass is 10.0. The molecule has 1 saturated heterocycles. The van der Waals surface area contributed by atoms with Gasteiger partial charge in [-0.05, 0) is 59.5 Å². The molecule has 14 heteroatoms. The molecule has 226 valence electrons. The third-order valence-corrected chi connectivity index (χ3v) is 9.55. The number of anilines is 1. The monoisotopic (exact) mass is 639 g/mol. The molecule has 0 radical (unpaired) electrons. The Morgan fingerprint density at radius 3 is 2.55 bits per heavy atom. The third-order valence-electron chi connectivity index (χ3n) is 7.04. The van der Waals surface area contributed by atoms with E-state index in [-0.39, 0.29) is 28.2 Å². The van der Waals surface area contributed by atoms with Crippen LogP contribution in [0.25, 0.3) is 22.6 Å². The maximum absolute atomic E-state index is 13.4. The van der Waals surface area contributed by atoms with Crippen LogP contribution in [0.3, 0.4) is 0 Å². The van der Waals surface area contributed by atoms with Crippen LogP contribution in [0.5, 0.6) is 5.75 Å². The summed E-state index contributed by atoms with van der Waals surface area (Å²) in [4.78, 5) is 18.8. The molecule has 9 nitrogen and oxygen atoms in total. The lowest BCUT2D eigenvalue weighted by Crippen LogP contribution is -2.30. The van der Waals surface area contributed by atoms with E-state index in [1.54, 1.807) is 17.0 Å². The summed E-state index contributed by atoms with van der Waals surface area (Å²) >= 11 is 1.28. The van der Waals surface area contributed by atoms with E-state index in [9.17, 15) is 26.4 Å². The van der Waals surface area contributed by atoms with Gasteiger partial charge in [0, 0.05) is 11.1 Å². The first-order valence-corrected chi connectivity index (χ1v) is 16.0. The number of sulfone groups is 1. The van der Waals surface area contributed by atoms with Crippen molar-refractivity contribution in [3.05, 3.63) is 84.1 Å². The van der Waals surface area contributed by atoms with Gasteiger partial charge in [0.25, 0.3) is 0 Å². The molecule has 1 amide bonds. The normalized spacial score (nSPS) is 17.0. The summed E-state index contributed by atoms with van der Waals surface area (Å²) in [6.45, 7) is 4.10. The number of aromatic nitrogens is 2. The number of hydrogen-bond donors (Lipinski definition) is 0. The topological polar surface area (TPSA) is 106 Å². The van der Waals surface area contributed by atoms with E-state index in [0.29, 0.717) is 33.4 Å². The molecule has 2 aliphatic heterocycles. The SMILES string of the molecule is CC(C)c1ccccc1N1C(=O)CS/C1=N\N=C\c1ccc2c(c1)S(=O)(=O)Cn1c(-c3ccc(OC(F)(F)F)cc3)cnc1-2. The number of alkyl halides is 3. The van der Waals surface area contributed by atoms with Crippen molar-refractivity contribution in [2.24, 2.45) is 10.2 Å². The smallest absolute Gasteiger partial charge is 0.406 e. The minimum atomic E-state index is -4.82. The zero-order chi connectivity index (χ0) is 31.2. The van der Waals surface area contributed by atoms with Crippen molar-refractivity contribution in [1.29, 1.82) is 0 Å². The fourth-order valence-electron chi connectivity index (χ4n) is 5.08. The van der Waals surface area contributed by atoms with Gasteiger partial charge in [-0.15, -0.1) is 18.3 Å². The van der Waals surface area contributed by atoms with E-state index in [4.69, 9.17) is 0 Å². The molecule has 0 bridgehead atoms. The Kier molecular flexibility index (Phi) is 7.58. The highest BCUT2D eigenvalue weighted by Gasteiger charge is 2.33. The maximum atomic E-state index is 13.4. The first-order chi connectivity index (χ1) is 20.9. The number of fused-ring (bicyclic) bond motifs is 3. The van der Waals surface area contributed by atoms with Gasteiger partial charge in [0.15, 0.2) is 15.0 Å². The first-order valence-electron chi connectivity index (χ1n) is 13.4. The molecule has 0 spiro atoms. The molecular formula is C30H24F3N5O4S2. The number of ether oxygens (including phenoxy) is 1. The van der Waals surface area contributed by atoms with Gasteiger partial charge < -0.3 is 9.30 Å². The van der Waals surface area contributed by atoms with Crippen LogP contribution in [0.2, 0.25) is 0 Å². The quantitative estimate of drug-likeness (QED) is 0.177. The summed E-state index contributed by atoms with van der Waals surface area (Å²) in [7, 11) is -3.82. The minimum absolute atomic E-state index is 0.0746. The largest absolute Gasteiger partial charge is 0.573 e. The molecule has 3 aromatic carbocycles. The van der Waals surface area contributed by atoms with E-state index in [2.05, 4.69) is 19.9 Å². The van der Waals surface area contributed by atoms with Gasteiger partial charge in [0.05, 0.1) is 34.4 Å². The van der Waals surface area contributed by atoms with Crippen molar-refractivity contribution < 1.29 is 31.1 Å². The van der Waals surface area contributed by atoms with Crippen molar-refractivity contribution in [3.63, 3.8) is 0 Å². The Hall–Kier alpha value is -4.43. The van der Waals surface area contributed by atoms with Crippen LogP contribution in [0.15, 0.2) is 88.0 Å². The molecule has 44 heavy (non-hydrogen) atoms. The van der Waals surface area contributed by atoms with E-state index in [1.807, 2.05) is 38.1 Å². The number of imidazole rings is 1. The Labute approximate surface area is 255 Å². The van der Waals surface area contributed by atoms with Crippen LogP contribution >= 0.6 is 11.8 Å². The van der Waals surface area contributed by atoms with Crippen LogP contribution in [-0.4, -0.2) is 47.4 Å². The van der Waals surface area contributed by atoms with Gasteiger partial charge in [-0.25, -0.2) is 13.4 Å². The number of benzene rings is 3. The lowest BCUT2D eigenvalue weighted by molar-refractivity contribution is -0.274. The number of amidine groups is 1. The minimum Gasteiger partial charge on any atom is -0.406 e. The lowest BCUT2D eigenvalue weighted by Gasteiger charge is -2.21. The molecule has 1 aromatic heterocycles. The number of thioether (sulfide) groups is 1. The molecular weight excluding hydrogens is 615 g/mol. The number of amides is 1. The van der Waals surface area contributed by atoms with Crippen molar-refractivity contribution in [3.8, 4) is 28.4 Å². The van der Waals surface area contributed by atoms with Crippen LogP contribution in [0.1, 0.15) is 30.9 Å². The number of halogens is 3. The Morgan fingerprint density at radius 1 is 1.07 bits per heavy atom. The molecule has 6 rings (SSSR count). The van der Waals surface area contributed by atoms with Gasteiger partial charge in [-0.1, -0.05) is 49.9 Å². The van der Waals surface area contributed by atoms with E-state index >= 15 is 0 Å². The zero-order valence-electron chi connectivity index (χ0n) is 23.3. The van der Waals surface area contributed by atoms with Crippen molar-refractivity contribution in [2.45, 2.75) is 36.9 Å². The molecule has 2 aliphatic rings. The molecule has 3 heterocycles. The Morgan fingerprint density at radius 2 is 1.82 bits per heavy atom. The maximum Gasteiger partial charge on any atom is 0.573 e. The molecule has 0 N–H and O–H groups in total. The van der Waals surface area contributed by atoms with E-state index in [1.165, 1.54) is 46.9 Å². The molecule has 0 atom stereocenters. The highest BCUT2D eigenvalue weighted by molar-refractivity contribution is 8.15. The van der Waals surface area contributed by atoms with Gasteiger partial charge in [-0.3, -0.25) is 9.69 Å². The second kappa shape index (κ2) is 11.2. The Balaban J connectivity index is 1.28. The summed E-state index contributed by atoms with van der Waals surface area (Å²) < 4.78 is 69.8. The fourth-order valence-corrected chi connectivity index (χ4v) is 7.44. The number of hydrogen-bond acceptors (Lipinski definition) is 8. The zero-order valence-corrected chi connectivity index (χ0v) is 24.9. The summed E-state index contributed by atoms with van der Waals surface area (Å²) in [6, 6.07) is 17.6. The standard InChI is InChI=1S/C30H24F3N5O4S2/c1-18(2)22-5-3-4-6-24(22)38-27(39)16-43-29(38)36-35-14-19-7-12-23-26(13-19)44(40,41)17-37-25(15-34-28(23)37)20-8-10-21(11-9-20)42-30(31,32)33/h3-15,18H,16-17H2,1-2H3/b35-14+,36-29-.